The number of benzene rings is 1. The molecule has 0 saturated heterocycles. The molecular weight excluding hydrogens is 269 g/mol. The van der Waals surface area contributed by atoms with Gasteiger partial charge >= 0.3 is 0 Å². The second kappa shape index (κ2) is 4.85. The lowest BCUT2D eigenvalue weighted by atomic mass is 10.3. The summed E-state index contributed by atoms with van der Waals surface area (Å²) >= 11 is 0. The molecule has 1 aromatic carbocycles. The second-order valence-corrected chi connectivity index (χ2v) is 5.62. The molecule has 0 atom stereocenters. The molecule has 1 heterocycles. The molecule has 0 aliphatic heterocycles. The van der Waals surface area contributed by atoms with E-state index in [2.05, 4.69) is 9.71 Å². The van der Waals surface area contributed by atoms with Crippen molar-refractivity contribution in [2.75, 3.05) is 10.5 Å². The Morgan fingerprint density at radius 1 is 1.32 bits per heavy atom. The molecule has 1 aromatic heterocycles. The van der Waals surface area contributed by atoms with Crippen LogP contribution in [-0.2, 0) is 10.0 Å². The van der Waals surface area contributed by atoms with Gasteiger partial charge in [-0.2, -0.15) is 0 Å². The zero-order chi connectivity index (χ0) is 14.0. The third-order valence-corrected chi connectivity index (χ3v) is 3.86. The molecule has 100 valence electrons. The summed E-state index contributed by atoms with van der Waals surface area (Å²) in [6.07, 6.45) is 1.45. The number of aromatic nitrogens is 1. The molecule has 0 aliphatic carbocycles. The largest absolute Gasteiger partial charge is 0.399 e. The maximum Gasteiger partial charge on any atom is 0.265 e. The third-order valence-electron chi connectivity index (χ3n) is 2.49. The van der Waals surface area contributed by atoms with E-state index in [4.69, 9.17) is 5.73 Å². The van der Waals surface area contributed by atoms with Gasteiger partial charge in [0.25, 0.3) is 10.0 Å². The van der Waals surface area contributed by atoms with Crippen LogP contribution in [0, 0.1) is 12.7 Å². The standard InChI is InChI=1S/C12H12FN3O2S/c1-8-3-2-6-15-12(8)16-19(17,18)11-5-4-9(14)7-10(11)13/h2-7H,14H2,1H3,(H,15,16). The third kappa shape index (κ3) is 2.82. The molecule has 0 spiro atoms. The van der Waals surface area contributed by atoms with Crippen molar-refractivity contribution in [3.63, 3.8) is 0 Å². The van der Waals surface area contributed by atoms with Crippen molar-refractivity contribution < 1.29 is 12.8 Å². The number of rotatable bonds is 3. The quantitative estimate of drug-likeness (QED) is 0.842. The van der Waals surface area contributed by atoms with Crippen LogP contribution in [0.4, 0.5) is 15.9 Å². The smallest absolute Gasteiger partial charge is 0.265 e. The van der Waals surface area contributed by atoms with Crippen LogP contribution in [0.15, 0.2) is 41.4 Å². The van der Waals surface area contributed by atoms with Crippen molar-refractivity contribution in [1.82, 2.24) is 4.98 Å². The molecule has 2 rings (SSSR count). The molecule has 19 heavy (non-hydrogen) atoms. The van der Waals surface area contributed by atoms with Crippen molar-refractivity contribution in [1.29, 1.82) is 0 Å². The Morgan fingerprint density at radius 3 is 2.68 bits per heavy atom. The highest BCUT2D eigenvalue weighted by Crippen LogP contribution is 2.21. The van der Waals surface area contributed by atoms with E-state index in [0.717, 1.165) is 12.1 Å². The Labute approximate surface area is 110 Å². The van der Waals surface area contributed by atoms with Gasteiger partial charge in [-0.1, -0.05) is 6.07 Å². The molecule has 3 N–H and O–H groups in total. The van der Waals surface area contributed by atoms with Gasteiger partial charge in [0.1, 0.15) is 16.5 Å². The fraction of sp³-hybridized carbons (Fsp3) is 0.0833. The number of hydrogen-bond acceptors (Lipinski definition) is 4. The van der Waals surface area contributed by atoms with E-state index in [-0.39, 0.29) is 11.5 Å². The number of nitrogens with zero attached hydrogens (tertiary/aromatic N) is 1. The van der Waals surface area contributed by atoms with E-state index in [9.17, 15) is 12.8 Å². The number of sulfonamides is 1. The second-order valence-electron chi connectivity index (χ2n) is 3.96. The number of nitrogens with one attached hydrogen (secondary N) is 1. The molecule has 0 unspecified atom stereocenters. The van der Waals surface area contributed by atoms with E-state index in [1.54, 1.807) is 19.1 Å². The lowest BCUT2D eigenvalue weighted by Gasteiger charge is -2.10. The lowest BCUT2D eigenvalue weighted by molar-refractivity contribution is 0.570. The molecule has 0 radical (unpaired) electrons. The Balaban J connectivity index is 2.41. The summed E-state index contributed by atoms with van der Waals surface area (Å²) in [5.74, 6) is -0.736. The van der Waals surface area contributed by atoms with Crippen molar-refractivity contribution in [3.05, 3.63) is 47.9 Å². The average Bonchev–Trinajstić information content (AvgIpc) is 2.31. The summed E-state index contributed by atoms with van der Waals surface area (Å²) in [5.41, 5.74) is 6.18. The van der Waals surface area contributed by atoms with Crippen LogP contribution < -0.4 is 10.5 Å². The number of nitrogens with two attached hydrogens (primary N) is 1. The van der Waals surface area contributed by atoms with Crippen LogP contribution >= 0.6 is 0 Å². The fourth-order valence-corrected chi connectivity index (χ4v) is 2.65. The summed E-state index contributed by atoms with van der Waals surface area (Å²) in [4.78, 5) is 3.43. The van der Waals surface area contributed by atoms with Crippen molar-refractivity contribution >= 4 is 21.5 Å². The number of anilines is 2. The number of halogens is 1. The zero-order valence-electron chi connectivity index (χ0n) is 10.1. The van der Waals surface area contributed by atoms with Gasteiger partial charge in [-0.15, -0.1) is 0 Å². The Hall–Kier alpha value is -2.15. The minimum Gasteiger partial charge on any atom is -0.399 e. The average molecular weight is 281 g/mol. The topological polar surface area (TPSA) is 85.1 Å². The summed E-state index contributed by atoms with van der Waals surface area (Å²) in [7, 11) is -4.03. The predicted molar refractivity (Wildman–Crippen MR) is 70.6 cm³/mol. The normalized spacial score (nSPS) is 11.3. The van der Waals surface area contributed by atoms with E-state index < -0.39 is 20.7 Å². The number of pyridine rings is 1. The SMILES string of the molecule is Cc1cccnc1NS(=O)(=O)c1ccc(N)cc1F. The van der Waals surface area contributed by atoms with E-state index in [1.165, 1.54) is 12.3 Å². The monoisotopic (exact) mass is 281 g/mol. The highest BCUT2D eigenvalue weighted by molar-refractivity contribution is 7.92. The molecule has 2 aromatic rings. The molecule has 5 nitrogen and oxygen atoms in total. The first-order valence-electron chi connectivity index (χ1n) is 5.39. The van der Waals surface area contributed by atoms with Gasteiger partial charge in [0.15, 0.2) is 0 Å². The van der Waals surface area contributed by atoms with Gasteiger partial charge in [-0.25, -0.2) is 17.8 Å². The molecule has 0 bridgehead atoms. The maximum atomic E-state index is 13.6. The van der Waals surface area contributed by atoms with Crippen LogP contribution in [0.2, 0.25) is 0 Å². The summed E-state index contributed by atoms with van der Waals surface area (Å²) in [5, 5.41) is 0. The first kappa shape index (κ1) is 13.3. The predicted octanol–water partition coefficient (Wildman–Crippen LogP) is 1.91. The van der Waals surface area contributed by atoms with Crippen molar-refractivity contribution in [2.24, 2.45) is 0 Å². The first-order chi connectivity index (χ1) is 8.90. The van der Waals surface area contributed by atoms with E-state index in [1.807, 2.05) is 0 Å². The Kier molecular flexibility index (Phi) is 3.39. The van der Waals surface area contributed by atoms with Gasteiger partial charge < -0.3 is 5.73 Å². The highest BCUT2D eigenvalue weighted by atomic mass is 32.2. The van der Waals surface area contributed by atoms with Crippen molar-refractivity contribution in [3.8, 4) is 0 Å². The van der Waals surface area contributed by atoms with Crippen LogP contribution in [0.1, 0.15) is 5.56 Å². The summed E-state index contributed by atoms with van der Waals surface area (Å²) in [6.45, 7) is 1.70. The molecule has 0 amide bonds. The minimum absolute atomic E-state index is 0.158. The number of nitrogen functional groups attached to an aromatic ring is 1. The Morgan fingerprint density at radius 2 is 2.05 bits per heavy atom. The van der Waals surface area contributed by atoms with Crippen LogP contribution in [0.5, 0.6) is 0 Å². The molecule has 0 saturated carbocycles. The molecule has 7 heteroatoms. The van der Waals surface area contributed by atoms with E-state index in [0.29, 0.717) is 5.56 Å². The zero-order valence-corrected chi connectivity index (χ0v) is 10.9. The van der Waals surface area contributed by atoms with Crippen molar-refractivity contribution in [2.45, 2.75) is 11.8 Å². The number of aryl methyl sites for hydroxylation is 1. The van der Waals surface area contributed by atoms with Gasteiger partial charge in [0, 0.05) is 11.9 Å². The summed E-state index contributed by atoms with van der Waals surface area (Å²) < 4.78 is 40.0. The molecule has 0 aliphatic rings. The van der Waals surface area contributed by atoms with Gasteiger partial charge in [0.2, 0.25) is 0 Å². The van der Waals surface area contributed by atoms with Crippen LogP contribution in [0.25, 0.3) is 0 Å². The van der Waals surface area contributed by atoms with E-state index >= 15 is 0 Å². The Bertz CT molecular complexity index is 717. The van der Waals surface area contributed by atoms with Crippen LogP contribution in [0.3, 0.4) is 0 Å². The molecule has 0 fully saturated rings. The molecular formula is C12H12FN3O2S. The lowest BCUT2D eigenvalue weighted by Crippen LogP contribution is -2.16. The minimum atomic E-state index is -4.03. The fourth-order valence-electron chi connectivity index (χ4n) is 1.51. The van der Waals surface area contributed by atoms with Gasteiger partial charge in [0.05, 0.1) is 0 Å². The maximum absolute atomic E-state index is 13.6. The first-order valence-corrected chi connectivity index (χ1v) is 6.88. The number of hydrogen-bond donors (Lipinski definition) is 2. The highest BCUT2D eigenvalue weighted by Gasteiger charge is 2.20. The van der Waals surface area contributed by atoms with Crippen LogP contribution in [-0.4, -0.2) is 13.4 Å². The van der Waals surface area contributed by atoms with Gasteiger partial charge in [-0.3, -0.25) is 4.72 Å². The van der Waals surface area contributed by atoms with Gasteiger partial charge in [-0.05, 0) is 36.8 Å². The summed E-state index contributed by atoms with van der Waals surface area (Å²) in [6, 6.07) is 6.77.